The predicted octanol–water partition coefficient (Wildman–Crippen LogP) is -3.00. The van der Waals surface area contributed by atoms with Crippen molar-refractivity contribution in [3.63, 3.8) is 0 Å². The van der Waals surface area contributed by atoms with Crippen LogP contribution in [0.3, 0.4) is 0 Å². The summed E-state index contributed by atoms with van der Waals surface area (Å²) in [5, 5.41) is 53.1. The van der Waals surface area contributed by atoms with Gasteiger partial charge in [-0.3, -0.25) is 23.8 Å². The number of nitrogens with two attached hydrogens (primary N) is 1. The molecule has 3 aliphatic heterocycles. The molecule has 24 nitrogen and oxygen atoms in total. The fourth-order valence-electron chi connectivity index (χ4n) is 5.61. The number of H-pyrrole nitrogens is 2. The molecule has 0 bridgehead atoms. The fourth-order valence-corrected chi connectivity index (χ4v) is 7.71. The normalized spacial score (nSPS) is 23.3. The number of rotatable bonds is 13. The third kappa shape index (κ3) is 7.91. The summed E-state index contributed by atoms with van der Waals surface area (Å²) < 4.78 is 46.7. The number of nitrogen functional groups attached to an aromatic ring is 1. The third-order valence-electron chi connectivity index (χ3n) is 8.46. The summed E-state index contributed by atoms with van der Waals surface area (Å²) in [6, 6.07) is 3.30. The number of anilines is 1. The Morgan fingerprint density at radius 2 is 1.72 bits per heavy atom. The van der Waals surface area contributed by atoms with Crippen LogP contribution in [-0.4, -0.2) is 120 Å². The summed E-state index contributed by atoms with van der Waals surface area (Å²) >= 11 is 0. The number of phosphoric acid groups is 2. The SMILES string of the molecule is Cc1cc2nc3c(=O)[nH]c(=O)nc-3n(CC(O)C(O)C(O)COP(=O)(O)OP(=O)(O)OCC3OC([n+]4c[nH]c5c(N)ncnc54)C(O)C3O)c2cc1C. The van der Waals surface area contributed by atoms with Crippen LogP contribution >= 0.6 is 15.6 Å². The number of hydrogen-bond acceptors (Lipinski definition) is 18. The molecule has 1 fully saturated rings. The van der Waals surface area contributed by atoms with E-state index in [1.807, 2.05) is 4.98 Å². The number of imidazole rings is 1. The van der Waals surface area contributed by atoms with E-state index in [0.29, 0.717) is 11.0 Å². The van der Waals surface area contributed by atoms with Crippen LogP contribution in [0.15, 0.2) is 34.4 Å². The Kier molecular flexibility index (Phi) is 10.6. The Labute approximate surface area is 295 Å². The molecule has 3 aliphatic rings. The van der Waals surface area contributed by atoms with Gasteiger partial charge >= 0.3 is 27.0 Å². The number of nitrogens with one attached hydrogen (secondary N) is 2. The molecule has 0 aliphatic carbocycles. The lowest BCUT2D eigenvalue weighted by Gasteiger charge is -2.26. The van der Waals surface area contributed by atoms with Crippen LogP contribution < -0.4 is 21.5 Å². The maximum absolute atomic E-state index is 12.5. The molecule has 0 saturated carbocycles. The van der Waals surface area contributed by atoms with Crippen molar-refractivity contribution in [2.75, 3.05) is 18.9 Å². The van der Waals surface area contributed by atoms with E-state index in [9.17, 15) is 54.0 Å². The van der Waals surface area contributed by atoms with Gasteiger partial charge in [0.25, 0.3) is 5.56 Å². The van der Waals surface area contributed by atoms with Gasteiger partial charge in [0.05, 0.1) is 30.8 Å². The Morgan fingerprint density at radius 3 is 2.45 bits per heavy atom. The molecule has 9 unspecified atom stereocenters. The van der Waals surface area contributed by atoms with E-state index >= 15 is 0 Å². The van der Waals surface area contributed by atoms with Crippen LogP contribution in [0.1, 0.15) is 17.4 Å². The van der Waals surface area contributed by atoms with Crippen molar-refractivity contribution in [3.8, 4) is 11.5 Å². The lowest BCUT2D eigenvalue weighted by Crippen LogP contribution is -2.45. The minimum atomic E-state index is -5.54. The van der Waals surface area contributed by atoms with E-state index in [0.717, 1.165) is 17.5 Å². The first-order chi connectivity index (χ1) is 24.9. The van der Waals surface area contributed by atoms with Crippen LogP contribution in [0, 0.1) is 13.8 Å². The number of aliphatic hydroxyl groups is 5. The van der Waals surface area contributed by atoms with Crippen molar-refractivity contribution in [1.82, 2.24) is 34.5 Å². The molecule has 53 heavy (non-hydrogen) atoms. The highest BCUT2D eigenvalue weighted by Crippen LogP contribution is 2.60. The quantitative estimate of drug-likeness (QED) is 0.0323. The van der Waals surface area contributed by atoms with Crippen molar-refractivity contribution < 1.29 is 67.1 Å². The van der Waals surface area contributed by atoms with E-state index in [-0.39, 0.29) is 28.5 Å². The first-order valence-electron chi connectivity index (χ1n) is 15.5. The van der Waals surface area contributed by atoms with E-state index in [4.69, 9.17) is 15.0 Å². The zero-order chi connectivity index (χ0) is 38.6. The Bertz CT molecular complexity index is 2350. The van der Waals surface area contributed by atoms with Crippen molar-refractivity contribution in [2.45, 2.75) is 63.2 Å². The Balaban J connectivity index is 1.07. The van der Waals surface area contributed by atoms with Crippen molar-refractivity contribution >= 4 is 43.7 Å². The number of benzene rings is 1. The lowest BCUT2D eigenvalue weighted by molar-refractivity contribution is -0.745. The van der Waals surface area contributed by atoms with Crippen LogP contribution in [0.2, 0.25) is 0 Å². The summed E-state index contributed by atoms with van der Waals surface area (Å²) in [6.45, 7) is 0.812. The second-order valence-corrected chi connectivity index (χ2v) is 15.2. The van der Waals surface area contributed by atoms with Gasteiger partial charge in [0.2, 0.25) is 11.7 Å². The number of aliphatic hydroxyl groups excluding tert-OH is 5. The van der Waals surface area contributed by atoms with E-state index in [1.165, 1.54) is 15.5 Å². The summed E-state index contributed by atoms with van der Waals surface area (Å²) in [5.74, 6) is -0.155. The van der Waals surface area contributed by atoms with Crippen LogP contribution in [0.5, 0.6) is 0 Å². The van der Waals surface area contributed by atoms with Crippen molar-refractivity contribution in [3.05, 3.63) is 56.8 Å². The van der Waals surface area contributed by atoms with E-state index in [1.54, 1.807) is 26.0 Å². The standard InChI is InChI=1S/C27H33N9O15P2/c1-10-3-12-13(4-11(10)2)35(24-18(32-12)25(42)34-27(43)33-24)5-14(37)19(39)15(38)6-48-52(44,45)51-53(46,47)49-7-16-20(40)21(41)26(50-16)36-9-31-17-22(28)29-8-30-23(17)36/h3-4,8-9,14-16,19-21,26,37-41H,5-7H2,1-2H3,(H5,28,29,30,34,42,43,44,45,46,47)/p+1. The molecular weight excluding hydrogens is 752 g/mol. The number of fused-ring (bicyclic) bond motifs is 3. The maximum atomic E-state index is 12.5. The van der Waals surface area contributed by atoms with Gasteiger partial charge in [0.15, 0.2) is 30.0 Å². The van der Waals surface area contributed by atoms with Gasteiger partial charge in [-0.05, 0) is 37.1 Å². The molecular formula is C27H34N9O15P2+. The van der Waals surface area contributed by atoms with E-state index < -0.39 is 89.5 Å². The second-order valence-electron chi connectivity index (χ2n) is 12.1. The van der Waals surface area contributed by atoms with Gasteiger partial charge in [-0.1, -0.05) is 4.98 Å². The lowest BCUT2D eigenvalue weighted by atomic mass is 10.1. The van der Waals surface area contributed by atoms with Crippen LogP contribution in [0.25, 0.3) is 33.7 Å². The molecule has 9 atom stereocenters. The van der Waals surface area contributed by atoms with Gasteiger partial charge in [0.1, 0.15) is 36.6 Å². The summed E-state index contributed by atoms with van der Waals surface area (Å²) in [5.41, 5.74) is 6.33. The number of phosphoric ester groups is 2. The molecule has 0 spiro atoms. The molecule has 3 aromatic rings. The van der Waals surface area contributed by atoms with Gasteiger partial charge in [-0.2, -0.15) is 14.3 Å². The first-order valence-corrected chi connectivity index (χ1v) is 18.5. The Morgan fingerprint density at radius 1 is 1.02 bits per heavy atom. The molecule has 0 radical (unpaired) electrons. The van der Waals surface area contributed by atoms with E-state index in [2.05, 4.69) is 33.8 Å². The number of nitrogens with zero attached hydrogens (tertiary/aromatic N) is 6. The van der Waals surface area contributed by atoms with Crippen molar-refractivity contribution in [1.29, 1.82) is 0 Å². The molecule has 5 heterocycles. The van der Waals surface area contributed by atoms with Crippen LogP contribution in [-0.2, 0) is 33.8 Å². The Hall–Kier alpha value is -4.13. The van der Waals surface area contributed by atoms with Gasteiger partial charge < -0.3 is 50.4 Å². The molecule has 2 aromatic heterocycles. The van der Waals surface area contributed by atoms with Crippen molar-refractivity contribution in [2.24, 2.45) is 0 Å². The zero-order valence-electron chi connectivity index (χ0n) is 27.5. The molecule has 6 rings (SSSR count). The minimum absolute atomic E-state index is 0.0849. The first kappa shape index (κ1) is 38.6. The highest BCUT2D eigenvalue weighted by molar-refractivity contribution is 7.61. The molecule has 26 heteroatoms. The smallest absolute Gasteiger partial charge is 0.388 e. The summed E-state index contributed by atoms with van der Waals surface area (Å²) in [7, 11) is -11.0. The topological polar surface area (TPSA) is 365 Å². The number of aromatic amines is 2. The van der Waals surface area contributed by atoms with Gasteiger partial charge in [0, 0.05) is 0 Å². The number of ether oxygens (including phenoxy) is 1. The fraction of sp³-hybridized carbons (Fsp3) is 0.444. The molecule has 11 N–H and O–H groups in total. The molecule has 1 saturated heterocycles. The second kappa shape index (κ2) is 14.6. The molecule has 286 valence electrons. The summed E-state index contributed by atoms with van der Waals surface area (Å²) in [4.78, 5) is 65.5. The summed E-state index contributed by atoms with van der Waals surface area (Å²) in [6.07, 6.45) is -9.70. The number of aromatic nitrogens is 8. The minimum Gasteiger partial charge on any atom is -0.388 e. The maximum Gasteiger partial charge on any atom is 0.481 e. The zero-order valence-corrected chi connectivity index (χ0v) is 29.3. The average Bonchev–Trinajstić information content (AvgIpc) is 3.63. The monoisotopic (exact) mass is 786 g/mol. The van der Waals surface area contributed by atoms with Gasteiger partial charge in [-0.15, -0.1) is 0 Å². The predicted molar refractivity (Wildman–Crippen MR) is 176 cm³/mol. The molecule has 1 aromatic carbocycles. The average molecular weight is 787 g/mol. The number of hydrogen-bond donors (Lipinski definition) is 10. The van der Waals surface area contributed by atoms with Crippen LogP contribution in [0.4, 0.5) is 5.82 Å². The third-order valence-corrected chi connectivity index (χ3v) is 11.1. The highest BCUT2D eigenvalue weighted by atomic mass is 31.3. The largest absolute Gasteiger partial charge is 0.481 e. The highest BCUT2D eigenvalue weighted by Gasteiger charge is 2.48. The number of aryl methyl sites for hydroxylation is 2. The molecule has 0 amide bonds. The van der Waals surface area contributed by atoms with Gasteiger partial charge in [-0.25, -0.2) is 23.5 Å².